The summed E-state index contributed by atoms with van der Waals surface area (Å²) in [6.45, 7) is 8.56. The van der Waals surface area contributed by atoms with Crippen LogP contribution in [0, 0.1) is 11.8 Å². The van der Waals surface area contributed by atoms with Crippen molar-refractivity contribution in [3.63, 3.8) is 0 Å². The molecule has 5 aliphatic rings. The van der Waals surface area contributed by atoms with E-state index in [9.17, 15) is 14.4 Å². The van der Waals surface area contributed by atoms with Gasteiger partial charge in [-0.25, -0.2) is 0 Å². The number of likely N-dealkylation sites (N-methyl/N-ethyl adjacent to an activating group) is 1. The Balaban J connectivity index is 1.17. The van der Waals surface area contributed by atoms with Crippen LogP contribution in [0.25, 0.3) is 0 Å². The summed E-state index contributed by atoms with van der Waals surface area (Å²) in [4.78, 5) is 49.1. The van der Waals surface area contributed by atoms with Gasteiger partial charge in [-0.15, -0.1) is 0 Å². The molecule has 4 heterocycles. The molecule has 3 atom stereocenters. The minimum atomic E-state index is -0.704. The number of hydrogen-bond acceptors (Lipinski definition) is 6. The van der Waals surface area contributed by atoms with Crippen molar-refractivity contribution in [1.29, 1.82) is 0 Å². The van der Waals surface area contributed by atoms with Crippen LogP contribution in [0.2, 0.25) is 0 Å². The largest absolute Gasteiger partial charge is 0.342 e. The minimum absolute atomic E-state index is 0.00171. The van der Waals surface area contributed by atoms with Gasteiger partial charge in [0.15, 0.2) is 0 Å². The molecular weight excluding hydrogens is 560 g/mol. The van der Waals surface area contributed by atoms with Crippen LogP contribution in [0.1, 0.15) is 51.5 Å². The van der Waals surface area contributed by atoms with Gasteiger partial charge in [0.25, 0.3) is 0 Å². The molecule has 4 fully saturated rings. The summed E-state index contributed by atoms with van der Waals surface area (Å²) in [7, 11) is 2.09. The molecule has 4 aliphatic heterocycles. The van der Waals surface area contributed by atoms with Crippen molar-refractivity contribution in [3.05, 3.63) is 28.2 Å². The highest BCUT2D eigenvalue weighted by Gasteiger charge is 2.54. The summed E-state index contributed by atoms with van der Waals surface area (Å²) in [6.07, 6.45) is 4.04. The maximum absolute atomic E-state index is 14.2. The van der Waals surface area contributed by atoms with Gasteiger partial charge in [-0.3, -0.25) is 30.1 Å². The molecule has 0 radical (unpaired) electrons. The molecule has 3 amide bonds. The molecule has 1 spiro atoms. The van der Waals surface area contributed by atoms with Crippen LogP contribution in [0.3, 0.4) is 0 Å². The molecule has 1 aliphatic carbocycles. The molecule has 0 aromatic heterocycles. The van der Waals surface area contributed by atoms with Crippen LogP contribution in [0.15, 0.2) is 22.7 Å². The average Bonchev–Trinajstić information content (AvgIpc) is 3.48. The molecule has 3 unspecified atom stereocenters. The lowest BCUT2D eigenvalue weighted by Crippen LogP contribution is -2.60. The van der Waals surface area contributed by atoms with E-state index in [4.69, 9.17) is 0 Å². The third-order valence-electron chi connectivity index (χ3n) is 10.3. The Kier molecular flexibility index (Phi) is 7.05. The fourth-order valence-electron chi connectivity index (χ4n) is 7.59. The first-order valence-electron chi connectivity index (χ1n) is 14.5. The van der Waals surface area contributed by atoms with Gasteiger partial charge in [0, 0.05) is 72.5 Å². The Morgan fingerprint density at radius 3 is 2.59 bits per heavy atom. The zero-order valence-corrected chi connectivity index (χ0v) is 24.9. The maximum Gasteiger partial charge on any atom is 0.242 e. The van der Waals surface area contributed by atoms with Gasteiger partial charge < -0.3 is 14.7 Å². The Morgan fingerprint density at radius 2 is 1.85 bits per heavy atom. The molecule has 212 valence electrons. The predicted molar refractivity (Wildman–Crippen MR) is 153 cm³/mol. The lowest BCUT2D eigenvalue weighted by Gasteiger charge is -2.45. The first-order valence-corrected chi connectivity index (χ1v) is 15.3. The molecule has 3 saturated heterocycles. The number of hydrogen-bond donors (Lipinski definition) is 2. The number of rotatable bonds is 3. The number of hydrazine groups is 1. The van der Waals surface area contributed by atoms with E-state index < -0.39 is 5.41 Å². The fourth-order valence-corrected chi connectivity index (χ4v) is 8.32. The van der Waals surface area contributed by atoms with Crippen molar-refractivity contribution >= 4 is 39.3 Å². The third-order valence-corrected chi connectivity index (χ3v) is 11.0. The monoisotopic (exact) mass is 600 g/mol. The quantitative estimate of drug-likeness (QED) is 0.552. The Labute approximate surface area is 239 Å². The molecule has 10 heteroatoms. The topological polar surface area (TPSA) is 88.2 Å². The Morgan fingerprint density at radius 1 is 1.08 bits per heavy atom. The standard InChI is InChI=1S/C29H41BrN6O3/c1-28(2)18-35(14-13-33(28)3)24(37)17-36-23-6-4-5-21(30)25(23)29(27(36)39)9-11-34(12-10-29)26(38)19-7-8-22-20(15-19)16-31-32-22/h4-6,19-20,22,31-32H,7-18H2,1-3H3. The number of amides is 3. The van der Waals surface area contributed by atoms with Crippen molar-refractivity contribution in [1.82, 2.24) is 25.6 Å². The lowest BCUT2D eigenvalue weighted by atomic mass is 9.73. The van der Waals surface area contributed by atoms with E-state index in [1.807, 2.05) is 28.0 Å². The highest BCUT2D eigenvalue weighted by Crippen LogP contribution is 2.51. The van der Waals surface area contributed by atoms with E-state index in [2.05, 4.69) is 52.6 Å². The number of piperazine rings is 1. The molecule has 6 rings (SSSR count). The van der Waals surface area contributed by atoms with E-state index in [-0.39, 0.29) is 35.7 Å². The van der Waals surface area contributed by atoms with Gasteiger partial charge in [0.2, 0.25) is 17.7 Å². The second kappa shape index (κ2) is 10.1. The molecular formula is C29H41BrN6O3. The number of fused-ring (bicyclic) bond motifs is 3. The number of anilines is 1. The lowest BCUT2D eigenvalue weighted by molar-refractivity contribution is -0.140. The SMILES string of the molecule is CN1CCN(C(=O)CN2C(=O)C3(CCN(C(=O)C4CCC5NNCC5C4)CC3)c3c(Br)cccc32)CC1(C)C. The first-order chi connectivity index (χ1) is 18.6. The van der Waals surface area contributed by atoms with E-state index >= 15 is 0 Å². The van der Waals surface area contributed by atoms with Crippen molar-refractivity contribution in [3.8, 4) is 0 Å². The zero-order chi connectivity index (χ0) is 27.5. The number of nitrogens with zero attached hydrogens (tertiary/aromatic N) is 4. The van der Waals surface area contributed by atoms with Gasteiger partial charge in [-0.05, 0) is 71.0 Å². The number of halogens is 1. The molecule has 1 aromatic rings. The van der Waals surface area contributed by atoms with E-state index in [1.165, 1.54) is 0 Å². The maximum atomic E-state index is 14.2. The van der Waals surface area contributed by atoms with Gasteiger partial charge in [0.1, 0.15) is 6.54 Å². The van der Waals surface area contributed by atoms with Gasteiger partial charge in [-0.1, -0.05) is 22.0 Å². The summed E-state index contributed by atoms with van der Waals surface area (Å²) in [5.74, 6) is 0.827. The molecule has 1 aromatic carbocycles. The smallest absolute Gasteiger partial charge is 0.242 e. The number of carbonyl (C=O) groups is 3. The number of nitrogens with one attached hydrogen (secondary N) is 2. The van der Waals surface area contributed by atoms with Crippen molar-refractivity contribution in [2.45, 2.75) is 62.9 Å². The Bertz CT molecular complexity index is 1170. The minimum Gasteiger partial charge on any atom is -0.342 e. The third kappa shape index (κ3) is 4.61. The molecule has 9 nitrogen and oxygen atoms in total. The van der Waals surface area contributed by atoms with Crippen molar-refractivity contribution < 1.29 is 14.4 Å². The number of carbonyl (C=O) groups excluding carboxylic acids is 3. The van der Waals surface area contributed by atoms with Gasteiger partial charge >= 0.3 is 0 Å². The van der Waals surface area contributed by atoms with E-state index in [0.29, 0.717) is 51.0 Å². The average molecular weight is 602 g/mol. The van der Waals surface area contributed by atoms with E-state index in [0.717, 1.165) is 48.1 Å². The normalized spacial score (nSPS) is 30.0. The molecule has 2 N–H and O–H groups in total. The van der Waals surface area contributed by atoms with Crippen molar-refractivity contribution in [2.24, 2.45) is 11.8 Å². The number of likely N-dealkylation sites (tertiary alicyclic amines) is 1. The van der Waals surface area contributed by atoms with Crippen LogP contribution in [0.4, 0.5) is 5.69 Å². The van der Waals surface area contributed by atoms with Crippen LogP contribution < -0.4 is 15.8 Å². The number of benzene rings is 1. The van der Waals surface area contributed by atoms with Gasteiger partial charge in [0.05, 0.1) is 5.41 Å². The molecule has 1 saturated carbocycles. The summed E-state index contributed by atoms with van der Waals surface area (Å²) in [6, 6.07) is 6.37. The number of piperidine rings is 1. The second-order valence-electron chi connectivity index (χ2n) is 12.9. The Hall–Kier alpha value is -2.01. The first kappa shape index (κ1) is 27.2. The zero-order valence-electron chi connectivity index (χ0n) is 23.3. The molecule has 0 bridgehead atoms. The molecule has 39 heavy (non-hydrogen) atoms. The second-order valence-corrected chi connectivity index (χ2v) is 13.7. The summed E-state index contributed by atoms with van der Waals surface area (Å²) < 4.78 is 0.906. The summed E-state index contributed by atoms with van der Waals surface area (Å²) in [5, 5.41) is 0. The fraction of sp³-hybridized carbons (Fsp3) is 0.690. The highest BCUT2D eigenvalue weighted by atomic mass is 79.9. The van der Waals surface area contributed by atoms with Gasteiger partial charge in [-0.2, -0.15) is 0 Å². The van der Waals surface area contributed by atoms with Crippen LogP contribution >= 0.6 is 15.9 Å². The predicted octanol–water partition coefficient (Wildman–Crippen LogP) is 2.10. The van der Waals surface area contributed by atoms with Crippen molar-refractivity contribution in [2.75, 3.05) is 57.8 Å². The van der Waals surface area contributed by atoms with Crippen LogP contribution in [-0.4, -0.2) is 96.9 Å². The van der Waals surface area contributed by atoms with Crippen LogP contribution in [0.5, 0.6) is 0 Å². The van der Waals surface area contributed by atoms with E-state index in [1.54, 1.807) is 4.90 Å². The van der Waals surface area contributed by atoms with Crippen LogP contribution in [-0.2, 0) is 19.8 Å². The summed E-state index contributed by atoms with van der Waals surface area (Å²) >= 11 is 3.74. The summed E-state index contributed by atoms with van der Waals surface area (Å²) in [5.41, 5.74) is 7.60. The highest BCUT2D eigenvalue weighted by molar-refractivity contribution is 9.10.